The Labute approximate surface area is 160 Å². The number of benzene rings is 2. The van der Waals surface area contributed by atoms with Crippen molar-refractivity contribution in [1.29, 1.82) is 0 Å². The van der Waals surface area contributed by atoms with Crippen LogP contribution in [0, 0.1) is 6.92 Å². The largest absolute Gasteiger partial charge is 0.496 e. The van der Waals surface area contributed by atoms with Crippen molar-refractivity contribution in [3.8, 4) is 5.75 Å². The molecule has 2 aromatic rings. The van der Waals surface area contributed by atoms with E-state index in [0.717, 1.165) is 35.4 Å². The first kappa shape index (κ1) is 19.0. The third-order valence-electron chi connectivity index (χ3n) is 4.96. The fourth-order valence-electron chi connectivity index (χ4n) is 3.40. The molecule has 1 atom stereocenters. The second-order valence-corrected chi connectivity index (χ2v) is 7.06. The van der Waals surface area contributed by atoms with Crippen LogP contribution in [0.15, 0.2) is 42.5 Å². The van der Waals surface area contributed by atoms with E-state index in [9.17, 15) is 9.59 Å². The Morgan fingerprint density at radius 2 is 1.96 bits per heavy atom. The van der Waals surface area contributed by atoms with Crippen LogP contribution in [0.25, 0.3) is 0 Å². The summed E-state index contributed by atoms with van der Waals surface area (Å²) in [5.74, 6) is 0.839. The van der Waals surface area contributed by atoms with Crippen molar-refractivity contribution in [1.82, 2.24) is 10.2 Å². The first-order chi connectivity index (χ1) is 13.0. The van der Waals surface area contributed by atoms with Gasteiger partial charge in [0.05, 0.1) is 13.2 Å². The van der Waals surface area contributed by atoms with E-state index in [1.54, 1.807) is 7.11 Å². The summed E-state index contributed by atoms with van der Waals surface area (Å²) < 4.78 is 5.41. The summed E-state index contributed by atoms with van der Waals surface area (Å²) in [6.07, 6.45) is 1.57. The molecule has 1 heterocycles. The predicted molar refractivity (Wildman–Crippen MR) is 105 cm³/mol. The number of carbonyl (C=O) groups excluding carboxylic acids is 2. The summed E-state index contributed by atoms with van der Waals surface area (Å²) in [6.45, 7) is 5.39. The fraction of sp³-hybridized carbons (Fsp3) is 0.364. The molecule has 2 amide bonds. The van der Waals surface area contributed by atoms with Crippen molar-refractivity contribution in [2.75, 3.05) is 13.7 Å². The van der Waals surface area contributed by atoms with Crippen LogP contribution >= 0.6 is 0 Å². The highest BCUT2D eigenvalue weighted by Crippen LogP contribution is 2.26. The van der Waals surface area contributed by atoms with Gasteiger partial charge in [0.15, 0.2) is 0 Å². The second kappa shape index (κ2) is 8.25. The number of carbonyl (C=O) groups is 2. The number of nitrogens with zero attached hydrogens (tertiary/aromatic N) is 1. The van der Waals surface area contributed by atoms with Crippen molar-refractivity contribution in [2.24, 2.45) is 0 Å². The number of hydrogen-bond acceptors (Lipinski definition) is 3. The zero-order valence-corrected chi connectivity index (χ0v) is 16.1. The van der Waals surface area contributed by atoms with E-state index in [4.69, 9.17) is 4.74 Å². The molecule has 3 rings (SSSR count). The molecule has 0 aromatic heterocycles. The van der Waals surface area contributed by atoms with Gasteiger partial charge in [0, 0.05) is 30.6 Å². The normalized spacial score (nSPS) is 14.9. The molecule has 2 aromatic carbocycles. The molecule has 0 radical (unpaired) electrons. The Bertz CT molecular complexity index is 830. The molecule has 0 aliphatic carbocycles. The van der Waals surface area contributed by atoms with Gasteiger partial charge in [-0.05, 0) is 44.0 Å². The van der Waals surface area contributed by atoms with E-state index in [2.05, 4.69) is 5.32 Å². The van der Waals surface area contributed by atoms with Gasteiger partial charge < -0.3 is 15.0 Å². The maximum absolute atomic E-state index is 12.6. The van der Waals surface area contributed by atoms with Crippen LogP contribution < -0.4 is 10.1 Å². The summed E-state index contributed by atoms with van der Waals surface area (Å²) >= 11 is 0. The van der Waals surface area contributed by atoms with Crippen LogP contribution in [0.5, 0.6) is 5.75 Å². The van der Waals surface area contributed by atoms with Gasteiger partial charge in [-0.15, -0.1) is 0 Å². The molecule has 5 heteroatoms. The van der Waals surface area contributed by atoms with Gasteiger partial charge in [-0.3, -0.25) is 9.59 Å². The Morgan fingerprint density at radius 3 is 2.59 bits per heavy atom. The Kier molecular flexibility index (Phi) is 5.79. The highest BCUT2D eigenvalue weighted by atomic mass is 16.5. The molecule has 0 saturated carbocycles. The van der Waals surface area contributed by atoms with Gasteiger partial charge in [-0.2, -0.15) is 0 Å². The summed E-state index contributed by atoms with van der Waals surface area (Å²) in [5.41, 5.74) is 3.71. The minimum absolute atomic E-state index is 0.130. The highest BCUT2D eigenvalue weighted by molar-refractivity contribution is 5.94. The molecule has 0 spiro atoms. The van der Waals surface area contributed by atoms with Crippen molar-refractivity contribution >= 4 is 11.8 Å². The maximum Gasteiger partial charge on any atom is 0.251 e. The molecule has 1 aliphatic rings. The molecular weight excluding hydrogens is 340 g/mol. The van der Waals surface area contributed by atoms with Crippen LogP contribution in [0.4, 0.5) is 0 Å². The van der Waals surface area contributed by atoms with E-state index in [1.165, 1.54) is 0 Å². The van der Waals surface area contributed by atoms with E-state index < -0.39 is 0 Å². The molecule has 142 valence electrons. The van der Waals surface area contributed by atoms with Crippen molar-refractivity contribution in [3.63, 3.8) is 0 Å². The minimum atomic E-state index is -0.172. The second-order valence-electron chi connectivity index (χ2n) is 7.06. The summed E-state index contributed by atoms with van der Waals surface area (Å²) in [5, 5.41) is 3.03. The fourth-order valence-corrected chi connectivity index (χ4v) is 3.40. The zero-order valence-electron chi connectivity index (χ0n) is 16.1. The molecule has 1 unspecified atom stereocenters. The van der Waals surface area contributed by atoms with Gasteiger partial charge in [-0.25, -0.2) is 0 Å². The summed E-state index contributed by atoms with van der Waals surface area (Å²) in [4.78, 5) is 26.2. The Hall–Kier alpha value is -2.82. The number of amides is 2. The van der Waals surface area contributed by atoms with Crippen molar-refractivity contribution in [3.05, 3.63) is 64.7 Å². The van der Waals surface area contributed by atoms with E-state index in [1.807, 2.05) is 61.2 Å². The molecular formula is C22H26N2O3. The Balaban J connectivity index is 1.65. The summed E-state index contributed by atoms with van der Waals surface area (Å²) in [7, 11) is 1.63. The molecule has 1 saturated heterocycles. The topological polar surface area (TPSA) is 58.6 Å². The lowest BCUT2D eigenvalue weighted by molar-refractivity contribution is -0.128. The molecule has 0 bridgehead atoms. The number of rotatable bonds is 6. The quantitative estimate of drug-likeness (QED) is 0.849. The van der Waals surface area contributed by atoms with Crippen LogP contribution in [-0.4, -0.2) is 30.4 Å². The van der Waals surface area contributed by atoms with Gasteiger partial charge in [0.1, 0.15) is 5.75 Å². The molecule has 1 fully saturated rings. The number of nitrogens with one attached hydrogen (secondary N) is 1. The van der Waals surface area contributed by atoms with Gasteiger partial charge in [0.2, 0.25) is 5.91 Å². The molecule has 1 aliphatic heterocycles. The van der Waals surface area contributed by atoms with Crippen molar-refractivity contribution in [2.45, 2.75) is 39.3 Å². The van der Waals surface area contributed by atoms with Crippen LogP contribution in [0.2, 0.25) is 0 Å². The first-order valence-corrected chi connectivity index (χ1v) is 9.30. The average Bonchev–Trinajstić information content (AvgIpc) is 3.06. The Morgan fingerprint density at radius 1 is 1.22 bits per heavy atom. The van der Waals surface area contributed by atoms with Crippen LogP contribution in [0.3, 0.4) is 0 Å². The van der Waals surface area contributed by atoms with E-state index >= 15 is 0 Å². The highest BCUT2D eigenvalue weighted by Gasteiger charge is 2.20. The van der Waals surface area contributed by atoms with E-state index in [-0.39, 0.29) is 17.9 Å². The van der Waals surface area contributed by atoms with Crippen LogP contribution in [0.1, 0.15) is 52.9 Å². The first-order valence-electron chi connectivity index (χ1n) is 9.30. The predicted octanol–water partition coefficient (Wildman–Crippen LogP) is 3.62. The molecule has 27 heavy (non-hydrogen) atoms. The minimum Gasteiger partial charge on any atom is -0.496 e. The lowest BCUT2D eigenvalue weighted by Gasteiger charge is -2.18. The third-order valence-corrected chi connectivity index (χ3v) is 4.96. The number of methoxy groups -OCH3 is 1. The van der Waals surface area contributed by atoms with Gasteiger partial charge in [0.25, 0.3) is 5.91 Å². The third kappa shape index (κ3) is 4.48. The average molecular weight is 366 g/mol. The number of likely N-dealkylation sites (tertiary alicyclic amines) is 1. The monoisotopic (exact) mass is 366 g/mol. The van der Waals surface area contributed by atoms with E-state index in [0.29, 0.717) is 18.5 Å². The maximum atomic E-state index is 12.6. The van der Waals surface area contributed by atoms with Gasteiger partial charge >= 0.3 is 0 Å². The van der Waals surface area contributed by atoms with Crippen molar-refractivity contribution < 1.29 is 14.3 Å². The number of ether oxygens (including phenoxy) is 1. The van der Waals surface area contributed by atoms with Crippen LogP contribution in [-0.2, 0) is 11.3 Å². The number of aryl methyl sites for hydroxylation is 1. The standard InChI is InChI=1S/C22H26N2O3/c1-15-6-11-20(27-3)19(13-15)16(2)23-22(26)18-9-7-17(8-10-18)14-24-12-4-5-21(24)25/h6-11,13,16H,4-5,12,14H2,1-3H3,(H,23,26). The zero-order chi connectivity index (χ0) is 19.4. The number of hydrogen-bond donors (Lipinski definition) is 1. The molecule has 1 N–H and O–H groups in total. The SMILES string of the molecule is COc1ccc(C)cc1C(C)NC(=O)c1ccc(CN2CCCC2=O)cc1. The van der Waals surface area contributed by atoms with Gasteiger partial charge in [-0.1, -0.05) is 29.8 Å². The summed E-state index contributed by atoms with van der Waals surface area (Å²) in [6, 6.07) is 13.2. The lowest BCUT2D eigenvalue weighted by atomic mass is 10.0. The smallest absolute Gasteiger partial charge is 0.251 e. The molecule has 5 nitrogen and oxygen atoms in total. The lowest BCUT2D eigenvalue weighted by Crippen LogP contribution is -2.27.